The lowest BCUT2D eigenvalue weighted by Crippen LogP contribution is -2.00. The summed E-state index contributed by atoms with van der Waals surface area (Å²) in [6, 6.07) is 17.9. The average molecular weight is 372 g/mol. The van der Waals surface area contributed by atoms with Crippen LogP contribution in [0.1, 0.15) is 11.3 Å². The lowest BCUT2D eigenvalue weighted by Gasteiger charge is -2.06. The largest absolute Gasteiger partial charge is 0.256 e. The lowest BCUT2D eigenvalue weighted by atomic mass is 10.1. The van der Waals surface area contributed by atoms with Crippen molar-refractivity contribution < 1.29 is 0 Å². The second-order valence-corrected chi connectivity index (χ2v) is 6.70. The number of pyridine rings is 2. The van der Waals surface area contributed by atoms with Gasteiger partial charge >= 0.3 is 0 Å². The topological polar surface area (TPSA) is 56.0 Å². The fourth-order valence-corrected chi connectivity index (χ4v) is 3.38. The van der Waals surface area contributed by atoms with Crippen molar-refractivity contribution in [3.63, 3.8) is 0 Å². The van der Waals surface area contributed by atoms with Crippen LogP contribution in [0, 0.1) is 0 Å². The highest BCUT2D eigenvalue weighted by molar-refractivity contribution is 6.29. The van der Waals surface area contributed by atoms with Gasteiger partial charge in [0, 0.05) is 29.8 Å². The number of imidazole rings is 1. The third kappa shape index (κ3) is 3.02. The first-order valence-electron chi connectivity index (χ1n) is 8.55. The van der Waals surface area contributed by atoms with Gasteiger partial charge in [0.1, 0.15) is 5.15 Å². The second kappa shape index (κ2) is 6.45. The van der Waals surface area contributed by atoms with Gasteiger partial charge in [-0.05, 0) is 48.0 Å². The molecule has 5 aromatic rings. The summed E-state index contributed by atoms with van der Waals surface area (Å²) in [6.07, 6.45) is 6.10. The normalized spacial score (nSPS) is 11.3. The summed E-state index contributed by atoms with van der Waals surface area (Å²) in [6.45, 7) is 0. The zero-order valence-corrected chi connectivity index (χ0v) is 15.0. The number of fused-ring (bicyclic) bond motifs is 2. The predicted octanol–water partition coefficient (Wildman–Crippen LogP) is 4.58. The number of halogens is 1. The molecule has 0 bridgehead atoms. The van der Waals surface area contributed by atoms with E-state index in [1.807, 2.05) is 53.3 Å². The fraction of sp³-hybridized carbons (Fsp3) is 0.0476. The average Bonchev–Trinajstić information content (AvgIpc) is 3.10. The van der Waals surface area contributed by atoms with E-state index in [0.717, 1.165) is 39.9 Å². The Morgan fingerprint density at radius 3 is 2.78 bits per heavy atom. The van der Waals surface area contributed by atoms with E-state index in [9.17, 15) is 0 Å². The molecule has 0 saturated heterocycles. The van der Waals surface area contributed by atoms with E-state index < -0.39 is 0 Å². The number of nitrogens with zero attached hydrogens (tertiary/aromatic N) is 5. The zero-order chi connectivity index (χ0) is 18.2. The second-order valence-electron chi connectivity index (χ2n) is 6.31. The molecule has 0 N–H and O–H groups in total. The number of benzene rings is 1. The maximum absolute atomic E-state index is 6.02. The van der Waals surface area contributed by atoms with Gasteiger partial charge in [0.05, 0.1) is 23.1 Å². The van der Waals surface area contributed by atoms with Crippen molar-refractivity contribution in [3.05, 3.63) is 89.6 Å². The molecule has 0 aliphatic rings. The molecule has 4 heterocycles. The molecular formula is C21H14ClN5. The third-order valence-electron chi connectivity index (χ3n) is 4.51. The van der Waals surface area contributed by atoms with Crippen LogP contribution in [0.5, 0.6) is 0 Å². The smallest absolute Gasteiger partial charge is 0.153 e. The summed E-state index contributed by atoms with van der Waals surface area (Å²) in [4.78, 5) is 12.9. The molecule has 1 aromatic carbocycles. The maximum atomic E-state index is 6.02. The minimum Gasteiger partial charge on any atom is -0.256 e. The molecule has 5 rings (SSSR count). The fourth-order valence-electron chi connectivity index (χ4n) is 3.20. The van der Waals surface area contributed by atoms with Crippen molar-refractivity contribution in [2.75, 3.05) is 0 Å². The van der Waals surface area contributed by atoms with Gasteiger partial charge < -0.3 is 0 Å². The maximum Gasteiger partial charge on any atom is 0.153 e. The molecule has 6 heteroatoms. The number of rotatable bonds is 3. The minimum absolute atomic E-state index is 0.449. The molecule has 0 saturated carbocycles. The molecule has 4 aromatic heterocycles. The van der Waals surface area contributed by atoms with E-state index in [1.54, 1.807) is 6.20 Å². The molecule has 0 atom stereocenters. The minimum atomic E-state index is 0.449. The van der Waals surface area contributed by atoms with Crippen molar-refractivity contribution in [2.24, 2.45) is 0 Å². The Bertz CT molecular complexity index is 1280. The van der Waals surface area contributed by atoms with Crippen LogP contribution < -0.4 is 0 Å². The first kappa shape index (κ1) is 15.9. The highest BCUT2D eigenvalue weighted by atomic mass is 35.5. The molecule has 27 heavy (non-hydrogen) atoms. The zero-order valence-electron chi connectivity index (χ0n) is 14.2. The summed E-state index contributed by atoms with van der Waals surface area (Å²) in [7, 11) is 0. The lowest BCUT2D eigenvalue weighted by molar-refractivity contribution is 0.876. The van der Waals surface area contributed by atoms with Gasteiger partial charge in [0.15, 0.2) is 5.65 Å². The van der Waals surface area contributed by atoms with Crippen LogP contribution in [0.3, 0.4) is 0 Å². The molecule has 5 nitrogen and oxygen atoms in total. The van der Waals surface area contributed by atoms with Crippen LogP contribution in [-0.2, 0) is 6.42 Å². The Labute approximate surface area is 160 Å². The van der Waals surface area contributed by atoms with Gasteiger partial charge in [-0.3, -0.25) is 4.98 Å². The van der Waals surface area contributed by atoms with Gasteiger partial charge in [-0.1, -0.05) is 23.7 Å². The van der Waals surface area contributed by atoms with Gasteiger partial charge in [-0.2, -0.15) is 5.10 Å². The quantitative estimate of drug-likeness (QED) is 0.435. The molecule has 0 spiro atoms. The van der Waals surface area contributed by atoms with Crippen molar-refractivity contribution >= 4 is 28.2 Å². The molecular weight excluding hydrogens is 358 g/mol. The van der Waals surface area contributed by atoms with E-state index in [4.69, 9.17) is 16.7 Å². The van der Waals surface area contributed by atoms with E-state index in [0.29, 0.717) is 5.15 Å². The number of aromatic nitrogens is 5. The number of hydrogen-bond donors (Lipinski definition) is 0. The molecule has 0 amide bonds. The van der Waals surface area contributed by atoms with Gasteiger partial charge in [0.25, 0.3) is 0 Å². The van der Waals surface area contributed by atoms with Crippen molar-refractivity contribution in [1.29, 1.82) is 0 Å². The van der Waals surface area contributed by atoms with Crippen LogP contribution >= 0.6 is 11.6 Å². The van der Waals surface area contributed by atoms with Crippen LogP contribution in [0.2, 0.25) is 5.15 Å². The molecule has 0 fully saturated rings. The highest BCUT2D eigenvalue weighted by Crippen LogP contribution is 2.21. The Hall–Kier alpha value is -3.31. The van der Waals surface area contributed by atoms with Crippen molar-refractivity contribution in [3.8, 4) is 11.3 Å². The van der Waals surface area contributed by atoms with Gasteiger partial charge in [-0.15, -0.1) is 0 Å². The van der Waals surface area contributed by atoms with Crippen LogP contribution in [0.15, 0.2) is 73.2 Å². The molecule has 0 radical (unpaired) electrons. The molecule has 0 aliphatic carbocycles. The third-order valence-corrected chi connectivity index (χ3v) is 4.71. The molecule has 0 unspecified atom stereocenters. The van der Waals surface area contributed by atoms with E-state index in [2.05, 4.69) is 33.2 Å². The van der Waals surface area contributed by atoms with Crippen molar-refractivity contribution in [2.45, 2.75) is 6.42 Å². The van der Waals surface area contributed by atoms with Crippen LogP contribution in [0.4, 0.5) is 0 Å². The van der Waals surface area contributed by atoms with Crippen LogP contribution in [0.25, 0.3) is 27.8 Å². The Kier molecular flexibility index (Phi) is 3.80. The van der Waals surface area contributed by atoms with Crippen LogP contribution in [-0.4, -0.2) is 24.6 Å². The standard InChI is InChI=1S/C21H14ClN5/c22-20-12-16(7-9-24-20)19-5-6-21-25-13-17(27(21)26-19)11-14-3-4-18-15(10-14)2-1-8-23-18/h1-10,12-13H,11H2. The molecule has 0 aliphatic heterocycles. The Morgan fingerprint density at radius 2 is 1.85 bits per heavy atom. The SMILES string of the molecule is Clc1cc(-c2ccc3ncc(Cc4ccc5ncccc5c4)n3n2)ccn1. The highest BCUT2D eigenvalue weighted by Gasteiger charge is 2.09. The number of hydrogen-bond acceptors (Lipinski definition) is 4. The van der Waals surface area contributed by atoms with Gasteiger partial charge in [-0.25, -0.2) is 14.5 Å². The van der Waals surface area contributed by atoms with E-state index >= 15 is 0 Å². The molecule has 130 valence electrons. The Balaban J connectivity index is 1.55. The van der Waals surface area contributed by atoms with Crippen molar-refractivity contribution in [1.82, 2.24) is 24.6 Å². The first-order chi connectivity index (χ1) is 13.3. The van der Waals surface area contributed by atoms with E-state index in [-0.39, 0.29) is 0 Å². The van der Waals surface area contributed by atoms with E-state index in [1.165, 1.54) is 5.56 Å². The summed E-state index contributed by atoms with van der Waals surface area (Å²) in [5.41, 5.74) is 5.78. The van der Waals surface area contributed by atoms with Gasteiger partial charge in [0.2, 0.25) is 0 Å². The summed E-state index contributed by atoms with van der Waals surface area (Å²) in [5.74, 6) is 0. The summed E-state index contributed by atoms with van der Waals surface area (Å²) >= 11 is 6.02. The first-order valence-corrected chi connectivity index (χ1v) is 8.93. The summed E-state index contributed by atoms with van der Waals surface area (Å²) in [5, 5.41) is 6.34. The summed E-state index contributed by atoms with van der Waals surface area (Å²) < 4.78 is 1.89. The predicted molar refractivity (Wildman–Crippen MR) is 106 cm³/mol. The monoisotopic (exact) mass is 371 g/mol. The Morgan fingerprint density at radius 1 is 0.889 bits per heavy atom.